The molecule has 3 N–H and O–H groups in total. The second-order valence-corrected chi connectivity index (χ2v) is 10.7. The van der Waals surface area contributed by atoms with E-state index in [1.165, 1.54) is 11.6 Å². The van der Waals surface area contributed by atoms with Crippen molar-refractivity contribution in [3.63, 3.8) is 0 Å². The van der Waals surface area contributed by atoms with E-state index >= 15 is 0 Å². The average molecular weight is 489 g/mol. The molecule has 0 fully saturated rings. The Labute approximate surface area is 211 Å². The monoisotopic (exact) mass is 488 g/mol. The summed E-state index contributed by atoms with van der Waals surface area (Å²) in [6, 6.07) is 9.15. The number of rotatable bonds is 4. The number of fused-ring (bicyclic) bond motifs is 1. The largest absolute Gasteiger partial charge is 0.355 e. The van der Waals surface area contributed by atoms with Crippen molar-refractivity contribution in [3.05, 3.63) is 65.8 Å². The highest BCUT2D eigenvalue weighted by atomic mass is 19.1. The molecule has 0 saturated heterocycles. The van der Waals surface area contributed by atoms with Crippen LogP contribution in [0.2, 0.25) is 0 Å². The molecule has 5 rings (SSSR count). The van der Waals surface area contributed by atoms with Crippen LogP contribution in [0.5, 0.6) is 0 Å². The number of aromatic nitrogens is 2. The van der Waals surface area contributed by atoms with E-state index in [1.54, 1.807) is 12.3 Å². The van der Waals surface area contributed by atoms with Gasteiger partial charge in [0.1, 0.15) is 11.5 Å². The molecule has 8 heteroatoms. The van der Waals surface area contributed by atoms with Crippen molar-refractivity contribution in [2.45, 2.75) is 32.7 Å². The maximum absolute atomic E-state index is 14.6. The van der Waals surface area contributed by atoms with Crippen molar-refractivity contribution in [1.82, 2.24) is 25.1 Å². The molecule has 2 aliphatic heterocycles. The number of anilines is 2. The fourth-order valence-corrected chi connectivity index (χ4v) is 4.69. The number of urea groups is 1. The van der Waals surface area contributed by atoms with Crippen LogP contribution in [-0.4, -0.2) is 64.6 Å². The van der Waals surface area contributed by atoms with Gasteiger partial charge in [0.15, 0.2) is 0 Å². The Kier molecular flexibility index (Phi) is 6.30. The molecule has 4 heterocycles. The third-order valence-electron chi connectivity index (χ3n) is 6.54. The van der Waals surface area contributed by atoms with Gasteiger partial charge in [0.25, 0.3) is 0 Å². The average Bonchev–Trinajstić information content (AvgIpc) is 3.46. The lowest BCUT2D eigenvalue weighted by molar-refractivity contribution is 0.193. The summed E-state index contributed by atoms with van der Waals surface area (Å²) >= 11 is 0. The number of nitrogens with one attached hydrogen (secondary N) is 3. The number of aromatic amines is 1. The maximum Gasteiger partial charge on any atom is 0.318 e. The first-order valence-electron chi connectivity index (χ1n) is 12.3. The van der Waals surface area contributed by atoms with Gasteiger partial charge < -0.3 is 20.5 Å². The second kappa shape index (κ2) is 9.43. The van der Waals surface area contributed by atoms with Gasteiger partial charge in [-0.25, -0.2) is 14.2 Å². The number of nitrogens with zero attached hydrogens (tertiary/aromatic N) is 3. The van der Waals surface area contributed by atoms with Crippen molar-refractivity contribution >= 4 is 39.6 Å². The van der Waals surface area contributed by atoms with Crippen LogP contribution < -0.4 is 10.6 Å². The van der Waals surface area contributed by atoms with Gasteiger partial charge in [0.2, 0.25) is 0 Å². The number of carbonyl (C=O) groups is 1. The van der Waals surface area contributed by atoms with E-state index in [1.807, 2.05) is 44.9 Å². The molecule has 2 aliphatic rings. The van der Waals surface area contributed by atoms with Gasteiger partial charge >= 0.3 is 6.03 Å². The third kappa shape index (κ3) is 5.14. The minimum atomic E-state index is -0.261. The van der Waals surface area contributed by atoms with Crippen LogP contribution in [0.1, 0.15) is 38.4 Å². The zero-order valence-electron chi connectivity index (χ0n) is 21.3. The van der Waals surface area contributed by atoms with Gasteiger partial charge in [-0.05, 0) is 75.7 Å². The lowest BCUT2D eigenvalue weighted by Crippen LogP contribution is -2.49. The number of amides is 2. The van der Waals surface area contributed by atoms with Gasteiger partial charge in [-0.1, -0.05) is 12.2 Å². The first kappa shape index (κ1) is 24.1. The summed E-state index contributed by atoms with van der Waals surface area (Å²) in [4.78, 5) is 24.4. The molecule has 0 radical (unpaired) electrons. The van der Waals surface area contributed by atoms with Gasteiger partial charge in [0, 0.05) is 60.2 Å². The van der Waals surface area contributed by atoms with Crippen LogP contribution in [0.4, 0.5) is 20.6 Å². The van der Waals surface area contributed by atoms with Crippen molar-refractivity contribution < 1.29 is 9.18 Å². The van der Waals surface area contributed by atoms with E-state index in [2.05, 4.69) is 43.7 Å². The van der Waals surface area contributed by atoms with Crippen LogP contribution in [0, 0.1) is 5.82 Å². The number of H-pyrrole nitrogens is 1. The predicted octanol–water partition coefficient (Wildman–Crippen LogP) is 5.37. The quantitative estimate of drug-likeness (QED) is 0.461. The molecule has 1 aromatic carbocycles. The second-order valence-electron chi connectivity index (χ2n) is 10.7. The molecule has 2 amide bonds. The minimum absolute atomic E-state index is 0.0405. The molecule has 0 bridgehead atoms. The first-order chi connectivity index (χ1) is 17.2. The summed E-state index contributed by atoms with van der Waals surface area (Å²) in [6.45, 7) is 8.74. The number of pyridine rings is 1. The van der Waals surface area contributed by atoms with Crippen LogP contribution >= 0.6 is 0 Å². The van der Waals surface area contributed by atoms with Crippen molar-refractivity contribution in [3.8, 4) is 0 Å². The van der Waals surface area contributed by atoms with Crippen LogP contribution in [-0.2, 0) is 0 Å². The number of hydrogen-bond acceptors (Lipinski definition) is 4. The molecule has 2 aromatic heterocycles. The number of hydrogen-bond donors (Lipinski definition) is 3. The fourth-order valence-electron chi connectivity index (χ4n) is 4.69. The van der Waals surface area contributed by atoms with Gasteiger partial charge in [0.05, 0.1) is 5.69 Å². The molecule has 0 atom stereocenters. The maximum atomic E-state index is 14.6. The third-order valence-corrected chi connectivity index (χ3v) is 6.54. The summed E-state index contributed by atoms with van der Waals surface area (Å²) in [5, 5.41) is 7.45. The smallest absolute Gasteiger partial charge is 0.318 e. The summed E-state index contributed by atoms with van der Waals surface area (Å²) in [7, 11) is 2.03. The van der Waals surface area contributed by atoms with Crippen LogP contribution in [0.3, 0.4) is 0 Å². The van der Waals surface area contributed by atoms with Crippen LogP contribution in [0.25, 0.3) is 22.2 Å². The van der Waals surface area contributed by atoms with E-state index in [9.17, 15) is 9.18 Å². The standard InChI is InChI=1S/C28H33FN6O/c1-28(2,3)33-27(36)35-13-9-18(10-14-35)25-16-22-24(7-11-30-26(22)32-25)31-20-5-6-23(29)21(15-20)19-8-12-34(4)17-19/h5-9,11,15-16H,10,12-14,17H2,1-4H3,(H,33,36)(H2,30,31,32). The molecule has 0 unspecified atom stereocenters. The molecular formula is C28H33FN6O. The first-order valence-corrected chi connectivity index (χ1v) is 12.3. The Morgan fingerprint density at radius 2 is 1.92 bits per heavy atom. The van der Waals surface area contributed by atoms with Gasteiger partial charge in [-0.2, -0.15) is 0 Å². The fraction of sp³-hybridized carbons (Fsp3) is 0.357. The van der Waals surface area contributed by atoms with Gasteiger partial charge in [-0.3, -0.25) is 4.90 Å². The minimum Gasteiger partial charge on any atom is -0.355 e. The Balaban J connectivity index is 1.36. The Hall–Kier alpha value is -3.65. The number of likely N-dealkylation sites (N-methyl/N-ethyl adjacent to an activating group) is 1. The molecule has 0 spiro atoms. The normalized spacial score (nSPS) is 16.8. The van der Waals surface area contributed by atoms with E-state index < -0.39 is 0 Å². The Morgan fingerprint density at radius 1 is 1.11 bits per heavy atom. The highest BCUT2D eigenvalue weighted by Crippen LogP contribution is 2.32. The molecule has 3 aromatic rings. The Morgan fingerprint density at radius 3 is 2.61 bits per heavy atom. The van der Waals surface area contributed by atoms with Gasteiger partial charge in [-0.15, -0.1) is 0 Å². The van der Waals surface area contributed by atoms with E-state index in [0.29, 0.717) is 18.7 Å². The van der Waals surface area contributed by atoms with E-state index in [4.69, 9.17) is 0 Å². The lowest BCUT2D eigenvalue weighted by Gasteiger charge is -2.30. The van der Waals surface area contributed by atoms with Crippen molar-refractivity contribution in [1.29, 1.82) is 0 Å². The highest BCUT2D eigenvalue weighted by Gasteiger charge is 2.23. The zero-order valence-corrected chi connectivity index (χ0v) is 21.3. The summed E-state index contributed by atoms with van der Waals surface area (Å²) in [6.07, 6.45) is 6.70. The molecule has 188 valence electrons. The number of benzene rings is 1. The topological polar surface area (TPSA) is 76.3 Å². The summed E-state index contributed by atoms with van der Waals surface area (Å²) < 4.78 is 14.6. The van der Waals surface area contributed by atoms with Crippen LogP contribution in [0.15, 0.2) is 48.7 Å². The Bertz CT molecular complexity index is 1370. The zero-order chi connectivity index (χ0) is 25.4. The number of carbonyl (C=O) groups excluding carboxylic acids is 1. The van der Waals surface area contributed by atoms with E-state index in [0.717, 1.165) is 53.2 Å². The summed E-state index contributed by atoms with van der Waals surface area (Å²) in [5.74, 6) is -0.208. The molecule has 0 saturated carbocycles. The van der Waals surface area contributed by atoms with Crippen molar-refractivity contribution in [2.75, 3.05) is 38.5 Å². The molecule has 36 heavy (non-hydrogen) atoms. The molecule has 0 aliphatic carbocycles. The number of halogens is 1. The SMILES string of the molecule is CN1CC=C(c2cc(Nc3ccnc4[nH]c(C5=CCN(C(=O)NC(C)(C)C)CC5)cc34)ccc2F)C1. The lowest BCUT2D eigenvalue weighted by atomic mass is 10.0. The highest BCUT2D eigenvalue weighted by molar-refractivity contribution is 5.94. The van der Waals surface area contributed by atoms with Crippen molar-refractivity contribution in [2.24, 2.45) is 0 Å². The molecular weight excluding hydrogens is 455 g/mol. The van der Waals surface area contributed by atoms with E-state index in [-0.39, 0.29) is 17.4 Å². The predicted molar refractivity (Wildman–Crippen MR) is 144 cm³/mol. The summed E-state index contributed by atoms with van der Waals surface area (Å²) in [5.41, 5.74) is 6.07. The molecule has 7 nitrogen and oxygen atoms in total.